The van der Waals surface area contributed by atoms with Crippen molar-refractivity contribution in [2.75, 3.05) is 25.5 Å². The van der Waals surface area contributed by atoms with Gasteiger partial charge in [-0.05, 0) is 30.7 Å². The summed E-state index contributed by atoms with van der Waals surface area (Å²) in [5.41, 5.74) is 2.93. The lowest BCUT2D eigenvalue weighted by Crippen LogP contribution is -2.48. The van der Waals surface area contributed by atoms with Crippen LogP contribution in [0.25, 0.3) is 17.0 Å². The molecule has 0 unspecified atom stereocenters. The Hall–Kier alpha value is -4.41. The number of hydrogen-bond donors (Lipinski definition) is 2. The number of carbonyl (C=O) groups is 2. The highest BCUT2D eigenvalue weighted by atomic mass is 16.5. The summed E-state index contributed by atoms with van der Waals surface area (Å²) in [5, 5.41) is 16.7. The Morgan fingerprint density at radius 1 is 1.24 bits per heavy atom. The average molecular weight is 448 g/mol. The van der Waals surface area contributed by atoms with Gasteiger partial charge in [-0.3, -0.25) is 9.20 Å². The summed E-state index contributed by atoms with van der Waals surface area (Å²) in [6, 6.07) is 8.59. The molecule has 4 aromatic rings. The highest BCUT2D eigenvalue weighted by molar-refractivity contribution is 6.04. The van der Waals surface area contributed by atoms with E-state index in [1.165, 1.54) is 30.0 Å². The molecule has 3 aromatic heterocycles. The number of aryl methyl sites for hydroxylation is 1. The first-order valence-electron chi connectivity index (χ1n) is 10.2. The molecular formula is C22H20N6O5. The molecule has 0 saturated carbocycles. The smallest absolute Gasteiger partial charge is 0.409 e. The first kappa shape index (κ1) is 20.5. The number of anilines is 1. The standard InChI is InChI=1S/C22H20N6O5/c1-12-3-4-13(19-25-21(33-26-19)14-9-27(10-14)22(31)32-2)7-16(12)24-20(30)17-8-23-18-6-5-15(29)11-28(17)18/h3-8,11,14,29H,9-10H2,1-2H3,(H,24,30). The van der Waals surface area contributed by atoms with Gasteiger partial charge in [-0.15, -0.1) is 0 Å². The molecule has 2 amide bonds. The number of benzene rings is 1. The van der Waals surface area contributed by atoms with Crippen molar-refractivity contribution in [2.24, 2.45) is 0 Å². The lowest BCUT2D eigenvalue weighted by Gasteiger charge is -2.35. The molecule has 1 fully saturated rings. The number of likely N-dealkylation sites (tertiary alicyclic amines) is 1. The molecule has 1 aliphatic rings. The second-order valence-corrected chi connectivity index (χ2v) is 7.77. The zero-order chi connectivity index (χ0) is 23.1. The summed E-state index contributed by atoms with van der Waals surface area (Å²) in [4.78, 5) is 34.6. The summed E-state index contributed by atoms with van der Waals surface area (Å²) in [6.07, 6.45) is 2.50. The summed E-state index contributed by atoms with van der Waals surface area (Å²) in [7, 11) is 1.34. The monoisotopic (exact) mass is 448 g/mol. The van der Waals surface area contributed by atoms with Crippen LogP contribution in [0.3, 0.4) is 0 Å². The van der Waals surface area contributed by atoms with Crippen LogP contribution in [-0.4, -0.2) is 61.7 Å². The van der Waals surface area contributed by atoms with Crippen LogP contribution in [0.4, 0.5) is 10.5 Å². The minimum absolute atomic E-state index is 0.0295. The predicted octanol–water partition coefficient (Wildman–Crippen LogP) is 2.82. The Labute approximate surface area is 187 Å². The van der Waals surface area contributed by atoms with Crippen LogP contribution in [-0.2, 0) is 4.74 Å². The minimum Gasteiger partial charge on any atom is -0.506 e. The number of aromatic hydroxyl groups is 1. The van der Waals surface area contributed by atoms with Crippen molar-refractivity contribution in [3.63, 3.8) is 0 Å². The summed E-state index contributed by atoms with van der Waals surface area (Å²) < 4.78 is 11.6. The predicted molar refractivity (Wildman–Crippen MR) is 116 cm³/mol. The van der Waals surface area contributed by atoms with Gasteiger partial charge in [0.25, 0.3) is 5.91 Å². The van der Waals surface area contributed by atoms with E-state index in [4.69, 9.17) is 9.26 Å². The maximum atomic E-state index is 12.9. The van der Waals surface area contributed by atoms with Crippen molar-refractivity contribution in [3.05, 3.63) is 59.9 Å². The molecular weight excluding hydrogens is 428 g/mol. The van der Waals surface area contributed by atoms with Crippen molar-refractivity contribution in [2.45, 2.75) is 12.8 Å². The van der Waals surface area contributed by atoms with Gasteiger partial charge in [0.2, 0.25) is 11.7 Å². The maximum absolute atomic E-state index is 12.9. The average Bonchev–Trinajstić information content (AvgIpc) is 3.41. The molecule has 0 spiro atoms. The van der Waals surface area contributed by atoms with Gasteiger partial charge in [0.1, 0.15) is 17.1 Å². The Kier molecular flexibility index (Phi) is 4.93. The number of imidazole rings is 1. The van der Waals surface area contributed by atoms with E-state index in [1.54, 1.807) is 17.0 Å². The van der Waals surface area contributed by atoms with E-state index < -0.39 is 0 Å². The van der Waals surface area contributed by atoms with Crippen LogP contribution in [0.5, 0.6) is 5.75 Å². The van der Waals surface area contributed by atoms with Crippen LogP contribution in [0.1, 0.15) is 27.9 Å². The Bertz CT molecular complexity index is 1370. The Morgan fingerprint density at radius 2 is 2.06 bits per heavy atom. The van der Waals surface area contributed by atoms with Crippen molar-refractivity contribution in [3.8, 4) is 17.1 Å². The number of hydrogen-bond acceptors (Lipinski definition) is 8. The third kappa shape index (κ3) is 3.73. The van der Waals surface area contributed by atoms with Gasteiger partial charge in [-0.2, -0.15) is 4.98 Å². The fourth-order valence-corrected chi connectivity index (χ4v) is 3.65. The number of methoxy groups -OCH3 is 1. The Balaban J connectivity index is 1.35. The number of ether oxygens (including phenoxy) is 1. The van der Waals surface area contributed by atoms with Crippen molar-refractivity contribution in [1.29, 1.82) is 0 Å². The fourth-order valence-electron chi connectivity index (χ4n) is 3.65. The van der Waals surface area contributed by atoms with E-state index in [0.717, 1.165) is 5.56 Å². The summed E-state index contributed by atoms with van der Waals surface area (Å²) in [6.45, 7) is 2.79. The molecule has 1 aliphatic heterocycles. The molecule has 11 heteroatoms. The second-order valence-electron chi connectivity index (χ2n) is 7.77. The largest absolute Gasteiger partial charge is 0.506 e. The molecule has 1 saturated heterocycles. The van der Waals surface area contributed by atoms with Gasteiger partial charge >= 0.3 is 6.09 Å². The number of amides is 2. The second kappa shape index (κ2) is 7.93. The number of aromatic nitrogens is 4. The zero-order valence-corrected chi connectivity index (χ0v) is 17.8. The van der Waals surface area contributed by atoms with Crippen LogP contribution >= 0.6 is 0 Å². The third-order valence-electron chi connectivity index (χ3n) is 5.57. The van der Waals surface area contributed by atoms with Gasteiger partial charge < -0.3 is 24.6 Å². The first-order chi connectivity index (χ1) is 15.9. The Morgan fingerprint density at radius 3 is 2.85 bits per heavy atom. The SMILES string of the molecule is COC(=O)N1CC(c2nc(-c3ccc(C)c(NC(=O)c4cnc5ccc(O)cn45)c3)no2)C1. The minimum atomic E-state index is -0.383. The van der Waals surface area contributed by atoms with E-state index in [-0.39, 0.29) is 29.4 Å². The molecule has 0 aliphatic carbocycles. The molecule has 5 rings (SSSR count). The van der Waals surface area contributed by atoms with E-state index >= 15 is 0 Å². The normalized spacial score (nSPS) is 13.7. The first-order valence-corrected chi connectivity index (χ1v) is 10.2. The molecule has 168 valence electrons. The summed E-state index contributed by atoms with van der Waals surface area (Å²) >= 11 is 0. The van der Waals surface area contributed by atoms with Gasteiger partial charge in [0.15, 0.2) is 0 Å². The molecule has 0 atom stereocenters. The maximum Gasteiger partial charge on any atom is 0.409 e. The number of pyridine rings is 1. The molecule has 1 aromatic carbocycles. The molecule has 33 heavy (non-hydrogen) atoms. The van der Waals surface area contributed by atoms with Gasteiger partial charge in [0, 0.05) is 24.3 Å². The number of fused-ring (bicyclic) bond motifs is 1. The van der Waals surface area contributed by atoms with Gasteiger partial charge in [0.05, 0.1) is 25.4 Å². The number of carbonyl (C=O) groups excluding carboxylic acids is 2. The van der Waals surface area contributed by atoms with Gasteiger partial charge in [-0.1, -0.05) is 17.3 Å². The van der Waals surface area contributed by atoms with E-state index in [1.807, 2.05) is 19.1 Å². The van der Waals surface area contributed by atoms with Crippen LogP contribution < -0.4 is 5.32 Å². The number of rotatable bonds is 4. The molecule has 0 radical (unpaired) electrons. The van der Waals surface area contributed by atoms with Crippen molar-refractivity contribution in [1.82, 2.24) is 24.4 Å². The highest BCUT2D eigenvalue weighted by Gasteiger charge is 2.36. The van der Waals surface area contributed by atoms with E-state index in [2.05, 4.69) is 20.4 Å². The zero-order valence-electron chi connectivity index (χ0n) is 17.8. The highest BCUT2D eigenvalue weighted by Crippen LogP contribution is 2.29. The van der Waals surface area contributed by atoms with Crippen molar-refractivity contribution >= 4 is 23.3 Å². The van der Waals surface area contributed by atoms with E-state index in [9.17, 15) is 14.7 Å². The number of nitrogens with zero attached hydrogens (tertiary/aromatic N) is 5. The summed E-state index contributed by atoms with van der Waals surface area (Å²) in [5.74, 6) is 0.446. The fraction of sp³-hybridized carbons (Fsp3) is 0.227. The topological polar surface area (TPSA) is 135 Å². The lowest BCUT2D eigenvalue weighted by atomic mass is 10.0. The molecule has 11 nitrogen and oxygen atoms in total. The lowest BCUT2D eigenvalue weighted by molar-refractivity contribution is 0.0804. The van der Waals surface area contributed by atoms with E-state index in [0.29, 0.717) is 41.7 Å². The molecule has 4 heterocycles. The van der Waals surface area contributed by atoms with Crippen LogP contribution in [0.15, 0.2) is 47.2 Å². The molecule has 0 bridgehead atoms. The molecule has 2 N–H and O–H groups in total. The number of nitrogens with one attached hydrogen (secondary N) is 1. The van der Waals surface area contributed by atoms with Crippen molar-refractivity contribution < 1.29 is 24.0 Å². The van der Waals surface area contributed by atoms with Gasteiger partial charge in [-0.25, -0.2) is 9.78 Å². The third-order valence-corrected chi connectivity index (χ3v) is 5.57. The van der Waals surface area contributed by atoms with Crippen LogP contribution in [0.2, 0.25) is 0 Å². The van der Waals surface area contributed by atoms with Crippen LogP contribution in [0, 0.1) is 6.92 Å². The quantitative estimate of drug-likeness (QED) is 0.487.